The molecule has 0 bridgehead atoms. The van der Waals surface area contributed by atoms with Gasteiger partial charge in [0.2, 0.25) is 0 Å². The summed E-state index contributed by atoms with van der Waals surface area (Å²) in [7, 11) is 1.99. The Labute approximate surface area is 125 Å². The minimum Gasteiger partial charge on any atom is -0.295 e. The maximum atomic E-state index is 12.2. The van der Waals surface area contributed by atoms with Crippen LogP contribution in [0.1, 0.15) is 32.6 Å². The van der Waals surface area contributed by atoms with Gasteiger partial charge in [-0.15, -0.1) is 11.3 Å². The van der Waals surface area contributed by atoms with Crippen molar-refractivity contribution in [3.63, 3.8) is 0 Å². The van der Waals surface area contributed by atoms with E-state index in [-0.39, 0.29) is 5.78 Å². The Balaban J connectivity index is 1.92. The fourth-order valence-corrected chi connectivity index (χ4v) is 2.98. The van der Waals surface area contributed by atoms with Crippen molar-refractivity contribution in [3.8, 4) is 0 Å². The zero-order valence-electron chi connectivity index (χ0n) is 12.3. The Kier molecular flexibility index (Phi) is 5.10. The third-order valence-corrected chi connectivity index (χ3v) is 4.54. The molecule has 0 spiro atoms. The molecule has 2 rings (SSSR count). The molecule has 0 radical (unpaired) electrons. The number of thiophene rings is 1. The maximum absolute atomic E-state index is 12.2. The fourth-order valence-electron chi connectivity index (χ4n) is 2.10. The first-order valence-corrected chi connectivity index (χ1v) is 7.76. The molecule has 2 aromatic rings. The number of carbonyl (C=O) groups excluding carboxylic acids is 1. The number of hydrogen-bond donors (Lipinski definition) is 0. The van der Waals surface area contributed by atoms with Crippen molar-refractivity contribution in [1.82, 2.24) is 4.90 Å². The predicted molar refractivity (Wildman–Crippen MR) is 85.5 cm³/mol. The van der Waals surface area contributed by atoms with Gasteiger partial charge in [0.25, 0.3) is 0 Å². The van der Waals surface area contributed by atoms with E-state index >= 15 is 0 Å². The highest BCUT2D eigenvalue weighted by atomic mass is 32.1. The van der Waals surface area contributed by atoms with Gasteiger partial charge in [-0.05, 0) is 38.1 Å². The van der Waals surface area contributed by atoms with Gasteiger partial charge in [-0.25, -0.2) is 0 Å². The molecular weight excluding hydrogens is 266 g/mol. The summed E-state index contributed by atoms with van der Waals surface area (Å²) in [5.74, 6) is 0.212. The van der Waals surface area contributed by atoms with E-state index in [1.165, 1.54) is 16.0 Å². The topological polar surface area (TPSA) is 20.3 Å². The number of aryl methyl sites for hydroxylation is 2. The molecule has 0 amide bonds. The van der Waals surface area contributed by atoms with E-state index in [0.29, 0.717) is 6.54 Å². The van der Waals surface area contributed by atoms with Crippen LogP contribution >= 0.6 is 11.3 Å². The third kappa shape index (κ3) is 4.02. The lowest BCUT2D eigenvalue weighted by molar-refractivity contribution is 0.0947. The molecule has 1 aromatic carbocycles. The predicted octanol–water partition coefficient (Wildman–Crippen LogP) is 3.93. The Morgan fingerprint density at radius 2 is 1.85 bits per heavy atom. The molecule has 0 saturated carbocycles. The molecule has 0 aliphatic heterocycles. The number of ketones is 1. The standard InChI is InChI=1S/C17H21NOS/c1-4-15-9-10-17(20-15)16(19)12-18(3)11-14-7-5-13(2)6-8-14/h5-10H,4,11-12H2,1-3H3. The van der Waals surface area contributed by atoms with Crippen LogP contribution in [0.2, 0.25) is 0 Å². The first kappa shape index (κ1) is 14.9. The number of likely N-dealkylation sites (N-methyl/N-ethyl adjacent to an activating group) is 1. The first-order valence-electron chi connectivity index (χ1n) is 6.94. The lowest BCUT2D eigenvalue weighted by Gasteiger charge is -2.15. The van der Waals surface area contributed by atoms with E-state index < -0.39 is 0 Å². The lowest BCUT2D eigenvalue weighted by Crippen LogP contribution is -2.25. The molecule has 1 aromatic heterocycles. The summed E-state index contributed by atoms with van der Waals surface area (Å²) in [4.78, 5) is 16.4. The SMILES string of the molecule is CCc1ccc(C(=O)CN(C)Cc2ccc(C)cc2)s1. The molecule has 0 fully saturated rings. The Hall–Kier alpha value is -1.45. The quantitative estimate of drug-likeness (QED) is 0.750. The molecular formula is C17H21NOS. The molecule has 1 heterocycles. The molecule has 106 valence electrons. The summed E-state index contributed by atoms with van der Waals surface area (Å²) >= 11 is 1.62. The summed E-state index contributed by atoms with van der Waals surface area (Å²) in [5.41, 5.74) is 2.50. The average molecular weight is 287 g/mol. The second-order valence-corrected chi connectivity index (χ2v) is 6.37. The Morgan fingerprint density at radius 1 is 1.15 bits per heavy atom. The summed E-state index contributed by atoms with van der Waals surface area (Å²) in [6.45, 7) is 5.47. The highest BCUT2D eigenvalue weighted by Crippen LogP contribution is 2.18. The van der Waals surface area contributed by atoms with E-state index in [2.05, 4.69) is 49.1 Å². The van der Waals surface area contributed by atoms with Crippen LogP contribution in [0, 0.1) is 6.92 Å². The summed E-state index contributed by atoms with van der Waals surface area (Å²) in [6, 6.07) is 12.5. The second kappa shape index (κ2) is 6.82. The van der Waals surface area contributed by atoms with Crippen molar-refractivity contribution >= 4 is 17.1 Å². The average Bonchev–Trinajstić information content (AvgIpc) is 2.90. The number of benzene rings is 1. The maximum Gasteiger partial charge on any atom is 0.186 e. The molecule has 0 atom stereocenters. The van der Waals surface area contributed by atoms with Crippen molar-refractivity contribution in [2.24, 2.45) is 0 Å². The van der Waals surface area contributed by atoms with E-state index in [9.17, 15) is 4.79 Å². The summed E-state index contributed by atoms with van der Waals surface area (Å²) in [6.07, 6.45) is 0.997. The summed E-state index contributed by atoms with van der Waals surface area (Å²) in [5, 5.41) is 0. The van der Waals surface area contributed by atoms with Gasteiger partial charge in [-0.2, -0.15) is 0 Å². The van der Waals surface area contributed by atoms with Gasteiger partial charge >= 0.3 is 0 Å². The third-order valence-electron chi connectivity index (χ3n) is 3.27. The number of Topliss-reactive ketones (excluding diaryl/α,β-unsaturated/α-hetero) is 1. The minimum absolute atomic E-state index is 0.212. The van der Waals surface area contributed by atoms with Gasteiger partial charge in [0.05, 0.1) is 11.4 Å². The highest BCUT2D eigenvalue weighted by molar-refractivity contribution is 7.14. The van der Waals surface area contributed by atoms with Gasteiger partial charge in [-0.1, -0.05) is 36.8 Å². The highest BCUT2D eigenvalue weighted by Gasteiger charge is 2.12. The minimum atomic E-state index is 0.212. The van der Waals surface area contributed by atoms with Crippen LogP contribution in [0.5, 0.6) is 0 Å². The lowest BCUT2D eigenvalue weighted by atomic mass is 10.1. The molecule has 2 nitrogen and oxygen atoms in total. The van der Waals surface area contributed by atoms with Crippen molar-refractivity contribution < 1.29 is 4.79 Å². The van der Waals surface area contributed by atoms with Crippen LogP contribution in [0.3, 0.4) is 0 Å². The van der Waals surface area contributed by atoms with Crippen LogP contribution in [-0.2, 0) is 13.0 Å². The van der Waals surface area contributed by atoms with Gasteiger partial charge in [0.1, 0.15) is 0 Å². The van der Waals surface area contributed by atoms with E-state index in [1.807, 2.05) is 13.1 Å². The van der Waals surface area contributed by atoms with E-state index in [0.717, 1.165) is 17.8 Å². The second-order valence-electron chi connectivity index (χ2n) is 5.20. The fraction of sp³-hybridized carbons (Fsp3) is 0.353. The monoisotopic (exact) mass is 287 g/mol. The van der Waals surface area contributed by atoms with Crippen molar-refractivity contribution in [3.05, 3.63) is 57.3 Å². The van der Waals surface area contributed by atoms with Crippen LogP contribution in [-0.4, -0.2) is 24.3 Å². The van der Waals surface area contributed by atoms with Crippen LogP contribution in [0.25, 0.3) is 0 Å². The normalized spacial score (nSPS) is 11.0. The van der Waals surface area contributed by atoms with E-state index in [4.69, 9.17) is 0 Å². The molecule has 0 aliphatic rings. The zero-order chi connectivity index (χ0) is 14.5. The smallest absolute Gasteiger partial charge is 0.186 e. The number of hydrogen-bond acceptors (Lipinski definition) is 3. The summed E-state index contributed by atoms with van der Waals surface area (Å²) < 4.78 is 0. The largest absolute Gasteiger partial charge is 0.295 e. The molecule has 20 heavy (non-hydrogen) atoms. The van der Waals surface area contributed by atoms with Crippen molar-refractivity contribution in [2.45, 2.75) is 26.8 Å². The van der Waals surface area contributed by atoms with Gasteiger partial charge in [0, 0.05) is 11.4 Å². The van der Waals surface area contributed by atoms with Gasteiger partial charge in [-0.3, -0.25) is 9.69 Å². The van der Waals surface area contributed by atoms with Gasteiger partial charge in [0.15, 0.2) is 5.78 Å². The first-order chi connectivity index (χ1) is 9.58. The number of carbonyl (C=O) groups is 1. The van der Waals surface area contributed by atoms with Crippen molar-refractivity contribution in [1.29, 1.82) is 0 Å². The number of rotatable bonds is 6. The Morgan fingerprint density at radius 3 is 2.45 bits per heavy atom. The van der Waals surface area contributed by atoms with Crippen LogP contribution in [0.4, 0.5) is 0 Å². The molecule has 0 N–H and O–H groups in total. The zero-order valence-corrected chi connectivity index (χ0v) is 13.2. The van der Waals surface area contributed by atoms with E-state index in [1.54, 1.807) is 11.3 Å². The number of nitrogens with zero attached hydrogens (tertiary/aromatic N) is 1. The Bertz CT molecular complexity index is 571. The molecule has 0 saturated heterocycles. The van der Waals surface area contributed by atoms with Gasteiger partial charge < -0.3 is 0 Å². The molecule has 0 aliphatic carbocycles. The molecule has 0 unspecified atom stereocenters. The molecule has 3 heteroatoms. The van der Waals surface area contributed by atoms with Crippen molar-refractivity contribution in [2.75, 3.05) is 13.6 Å². The van der Waals surface area contributed by atoms with Crippen LogP contribution in [0.15, 0.2) is 36.4 Å². The van der Waals surface area contributed by atoms with Crippen LogP contribution < -0.4 is 0 Å².